The van der Waals surface area contributed by atoms with Crippen molar-refractivity contribution in [2.45, 2.75) is 44.0 Å². The molecule has 0 aromatic carbocycles. The number of aliphatic hydroxyl groups excluding tert-OH is 1. The Morgan fingerprint density at radius 1 is 1.53 bits per heavy atom. The zero-order chi connectivity index (χ0) is 13.2. The number of aryl methyl sites for hydroxylation is 1. The Morgan fingerprint density at radius 2 is 2.12 bits per heavy atom. The maximum absolute atomic E-state index is 11.0. The summed E-state index contributed by atoms with van der Waals surface area (Å²) < 4.78 is 1.64. The lowest BCUT2D eigenvalue weighted by molar-refractivity contribution is -0.388. The standard InChI is InChI=1S/C10H17N3O3S/c1-6(2)12-10(17-7(3)5-14)9(13(15)16)8(4)11-12/h6-7,14H,5H2,1-4H3. The number of nitrogens with zero attached hydrogens (tertiary/aromatic N) is 3. The maximum Gasteiger partial charge on any atom is 0.323 e. The van der Waals surface area contributed by atoms with Gasteiger partial charge in [0.2, 0.25) is 0 Å². The SMILES string of the molecule is Cc1nn(C(C)C)c(SC(C)CO)c1[N+](=O)[O-]. The van der Waals surface area contributed by atoms with Crippen molar-refractivity contribution in [2.75, 3.05) is 6.61 Å². The first kappa shape index (κ1) is 14.0. The Balaban J connectivity index is 3.25. The predicted octanol–water partition coefficient (Wildman–Crippen LogP) is 2.15. The minimum Gasteiger partial charge on any atom is -0.395 e. The molecule has 1 heterocycles. The Hall–Kier alpha value is -1.08. The van der Waals surface area contributed by atoms with Crippen LogP contribution in [0.4, 0.5) is 5.69 Å². The monoisotopic (exact) mass is 259 g/mol. The van der Waals surface area contributed by atoms with Crippen molar-refractivity contribution in [3.05, 3.63) is 15.8 Å². The number of aromatic nitrogens is 2. The van der Waals surface area contributed by atoms with Gasteiger partial charge in [0.05, 0.1) is 11.5 Å². The third-order valence-electron chi connectivity index (χ3n) is 2.25. The van der Waals surface area contributed by atoms with Crippen LogP contribution in [0.1, 0.15) is 32.5 Å². The highest BCUT2D eigenvalue weighted by atomic mass is 32.2. The van der Waals surface area contributed by atoms with Crippen molar-refractivity contribution >= 4 is 17.4 Å². The van der Waals surface area contributed by atoms with Gasteiger partial charge >= 0.3 is 5.69 Å². The zero-order valence-electron chi connectivity index (χ0n) is 10.4. The van der Waals surface area contributed by atoms with Crippen LogP contribution in [0.5, 0.6) is 0 Å². The summed E-state index contributed by atoms with van der Waals surface area (Å²) in [5.74, 6) is 0. The van der Waals surface area contributed by atoms with Gasteiger partial charge < -0.3 is 5.11 Å². The van der Waals surface area contributed by atoms with Gasteiger partial charge in [-0.25, -0.2) is 4.68 Å². The largest absolute Gasteiger partial charge is 0.395 e. The van der Waals surface area contributed by atoms with E-state index >= 15 is 0 Å². The molecule has 0 fully saturated rings. The summed E-state index contributed by atoms with van der Waals surface area (Å²) in [4.78, 5) is 10.6. The minimum atomic E-state index is -0.409. The molecular weight excluding hydrogens is 242 g/mol. The molecule has 0 aliphatic rings. The van der Waals surface area contributed by atoms with Crippen LogP contribution in [0.25, 0.3) is 0 Å². The van der Waals surface area contributed by atoms with Gasteiger partial charge in [-0.05, 0) is 20.8 Å². The lowest BCUT2D eigenvalue weighted by Gasteiger charge is -2.12. The van der Waals surface area contributed by atoms with Crippen LogP contribution >= 0.6 is 11.8 Å². The normalized spacial score (nSPS) is 13.1. The topological polar surface area (TPSA) is 81.2 Å². The molecule has 1 unspecified atom stereocenters. The van der Waals surface area contributed by atoms with Crippen LogP contribution in [-0.2, 0) is 0 Å². The fraction of sp³-hybridized carbons (Fsp3) is 0.700. The molecule has 0 aliphatic heterocycles. The van der Waals surface area contributed by atoms with Crippen molar-refractivity contribution in [3.8, 4) is 0 Å². The van der Waals surface area contributed by atoms with Gasteiger partial charge in [-0.3, -0.25) is 10.1 Å². The van der Waals surface area contributed by atoms with E-state index in [9.17, 15) is 10.1 Å². The molecule has 1 aromatic heterocycles. The molecule has 1 N–H and O–H groups in total. The van der Waals surface area contributed by atoms with Crippen molar-refractivity contribution in [1.82, 2.24) is 9.78 Å². The average Bonchev–Trinajstić information content (AvgIpc) is 2.55. The Bertz CT molecular complexity index is 417. The van der Waals surface area contributed by atoms with E-state index in [4.69, 9.17) is 5.11 Å². The van der Waals surface area contributed by atoms with E-state index in [0.29, 0.717) is 10.7 Å². The van der Waals surface area contributed by atoms with Crippen LogP contribution < -0.4 is 0 Å². The molecule has 0 bridgehead atoms. The molecule has 0 saturated heterocycles. The second-order valence-electron chi connectivity index (χ2n) is 4.15. The molecule has 0 spiro atoms. The van der Waals surface area contributed by atoms with Gasteiger partial charge in [-0.15, -0.1) is 0 Å². The molecule has 1 rings (SSSR count). The van der Waals surface area contributed by atoms with Gasteiger partial charge in [-0.2, -0.15) is 5.10 Å². The molecule has 1 atom stereocenters. The first-order chi connectivity index (χ1) is 7.88. The fourth-order valence-electron chi connectivity index (χ4n) is 1.42. The van der Waals surface area contributed by atoms with Crippen molar-refractivity contribution in [2.24, 2.45) is 0 Å². The van der Waals surface area contributed by atoms with Gasteiger partial charge in [0.1, 0.15) is 5.69 Å². The number of hydrogen-bond donors (Lipinski definition) is 1. The number of hydrogen-bond acceptors (Lipinski definition) is 5. The molecule has 6 nitrogen and oxygen atoms in total. The summed E-state index contributed by atoms with van der Waals surface area (Å²) in [5, 5.41) is 24.7. The van der Waals surface area contributed by atoms with Crippen molar-refractivity contribution < 1.29 is 10.0 Å². The van der Waals surface area contributed by atoms with E-state index in [1.807, 2.05) is 20.8 Å². The molecule has 7 heteroatoms. The smallest absolute Gasteiger partial charge is 0.323 e. The summed E-state index contributed by atoms with van der Waals surface area (Å²) in [6.07, 6.45) is 0. The maximum atomic E-state index is 11.0. The third-order valence-corrected chi connectivity index (χ3v) is 3.41. The lowest BCUT2D eigenvalue weighted by atomic mass is 10.4. The van der Waals surface area contributed by atoms with Crippen LogP contribution in [0.15, 0.2) is 5.03 Å². The summed E-state index contributed by atoms with van der Waals surface area (Å²) in [6.45, 7) is 7.27. The Kier molecular flexibility index (Phi) is 4.53. The van der Waals surface area contributed by atoms with Crippen molar-refractivity contribution in [3.63, 3.8) is 0 Å². The number of aliphatic hydroxyl groups is 1. The van der Waals surface area contributed by atoms with Crippen LogP contribution in [0.2, 0.25) is 0 Å². The van der Waals surface area contributed by atoms with Crippen LogP contribution in [-0.4, -0.2) is 31.7 Å². The molecule has 17 heavy (non-hydrogen) atoms. The van der Waals surface area contributed by atoms with E-state index in [2.05, 4.69) is 5.10 Å². The number of nitro groups is 1. The van der Waals surface area contributed by atoms with Gasteiger partial charge in [0, 0.05) is 11.3 Å². The summed E-state index contributed by atoms with van der Waals surface area (Å²) in [7, 11) is 0. The van der Waals surface area contributed by atoms with E-state index < -0.39 is 4.92 Å². The second kappa shape index (κ2) is 5.50. The highest BCUT2D eigenvalue weighted by Crippen LogP contribution is 2.36. The second-order valence-corrected chi connectivity index (χ2v) is 5.57. The number of rotatable bonds is 5. The van der Waals surface area contributed by atoms with Crippen molar-refractivity contribution in [1.29, 1.82) is 0 Å². The third kappa shape index (κ3) is 2.98. The molecule has 1 aromatic rings. The number of thioether (sulfide) groups is 1. The summed E-state index contributed by atoms with van der Waals surface area (Å²) in [6, 6.07) is 0.0517. The summed E-state index contributed by atoms with van der Waals surface area (Å²) >= 11 is 1.28. The first-order valence-electron chi connectivity index (χ1n) is 5.39. The van der Waals surface area contributed by atoms with Gasteiger partial charge in [0.15, 0.2) is 5.03 Å². The summed E-state index contributed by atoms with van der Waals surface area (Å²) in [5.41, 5.74) is 0.459. The van der Waals surface area contributed by atoms with Crippen LogP contribution in [0.3, 0.4) is 0 Å². The molecule has 0 saturated carbocycles. The Labute approximate surface area is 104 Å². The zero-order valence-corrected chi connectivity index (χ0v) is 11.2. The molecule has 0 radical (unpaired) electrons. The minimum absolute atomic E-state index is 0.0237. The van der Waals surface area contributed by atoms with E-state index in [1.165, 1.54) is 11.8 Å². The molecule has 0 amide bonds. The van der Waals surface area contributed by atoms with Gasteiger partial charge in [0.25, 0.3) is 0 Å². The van der Waals surface area contributed by atoms with E-state index in [0.717, 1.165) is 0 Å². The highest BCUT2D eigenvalue weighted by molar-refractivity contribution is 8.00. The Morgan fingerprint density at radius 3 is 2.53 bits per heavy atom. The van der Waals surface area contributed by atoms with E-state index in [1.54, 1.807) is 11.6 Å². The first-order valence-corrected chi connectivity index (χ1v) is 6.27. The van der Waals surface area contributed by atoms with Crippen LogP contribution in [0, 0.1) is 17.0 Å². The molecular formula is C10H17N3O3S. The average molecular weight is 259 g/mol. The molecule has 96 valence electrons. The van der Waals surface area contributed by atoms with E-state index in [-0.39, 0.29) is 23.6 Å². The molecule has 0 aliphatic carbocycles. The highest BCUT2D eigenvalue weighted by Gasteiger charge is 2.27. The lowest BCUT2D eigenvalue weighted by Crippen LogP contribution is -2.09. The fourth-order valence-corrected chi connectivity index (χ4v) is 2.56. The quantitative estimate of drug-likeness (QED) is 0.498. The predicted molar refractivity (Wildman–Crippen MR) is 66.4 cm³/mol. The van der Waals surface area contributed by atoms with Gasteiger partial charge in [-0.1, -0.05) is 18.7 Å².